The lowest BCUT2D eigenvalue weighted by Crippen LogP contribution is -2.17. The quantitative estimate of drug-likeness (QED) is 0.634. The lowest BCUT2D eigenvalue weighted by Gasteiger charge is -2.04. The third-order valence-corrected chi connectivity index (χ3v) is 2.57. The van der Waals surface area contributed by atoms with Gasteiger partial charge < -0.3 is 4.42 Å². The summed E-state index contributed by atoms with van der Waals surface area (Å²) in [5.41, 5.74) is 2.23. The van der Waals surface area contributed by atoms with E-state index in [0.717, 1.165) is 5.69 Å². The first-order valence-electron chi connectivity index (χ1n) is 5.13. The molecule has 3 heterocycles. The molecule has 0 atom stereocenters. The molecule has 84 valence electrons. The fourth-order valence-electron chi connectivity index (χ4n) is 1.66. The lowest BCUT2D eigenvalue weighted by atomic mass is 10.3. The summed E-state index contributed by atoms with van der Waals surface area (Å²) in [6.07, 6.45) is 4.58. The molecule has 0 saturated carbocycles. The molecule has 0 aliphatic rings. The highest BCUT2D eigenvalue weighted by molar-refractivity contribution is 5.70. The Morgan fingerprint density at radius 1 is 1.24 bits per heavy atom. The summed E-state index contributed by atoms with van der Waals surface area (Å²) in [7, 11) is 0. The number of rotatable bonds is 1. The molecule has 5 heteroatoms. The van der Waals surface area contributed by atoms with Crippen LogP contribution < -0.4 is 5.56 Å². The van der Waals surface area contributed by atoms with Gasteiger partial charge in [0.15, 0.2) is 17.5 Å². The molecule has 0 radical (unpaired) electrons. The normalized spacial score (nSPS) is 10.9. The van der Waals surface area contributed by atoms with Gasteiger partial charge in [0.05, 0.1) is 11.9 Å². The zero-order valence-electron chi connectivity index (χ0n) is 9.12. The molecule has 5 nitrogen and oxygen atoms in total. The summed E-state index contributed by atoms with van der Waals surface area (Å²) in [4.78, 5) is 20.1. The molecule has 3 rings (SSSR count). The topological polar surface area (TPSA) is 60.9 Å². The third-order valence-electron chi connectivity index (χ3n) is 2.57. The Morgan fingerprint density at radius 2 is 2.12 bits per heavy atom. The van der Waals surface area contributed by atoms with Gasteiger partial charge in [-0.2, -0.15) is 0 Å². The second-order valence-electron chi connectivity index (χ2n) is 3.71. The van der Waals surface area contributed by atoms with Gasteiger partial charge in [-0.3, -0.25) is 14.3 Å². The molecule has 0 saturated heterocycles. The van der Waals surface area contributed by atoms with E-state index >= 15 is 0 Å². The van der Waals surface area contributed by atoms with Crippen molar-refractivity contribution in [2.75, 3.05) is 0 Å². The highest BCUT2D eigenvalue weighted by atomic mass is 16.3. The molecule has 0 aliphatic heterocycles. The van der Waals surface area contributed by atoms with Crippen LogP contribution in [0, 0.1) is 6.92 Å². The average molecular weight is 227 g/mol. The molecule has 0 N–H and O–H groups in total. The molecule has 0 spiro atoms. The van der Waals surface area contributed by atoms with Gasteiger partial charge in [0, 0.05) is 18.0 Å². The Hall–Kier alpha value is -2.43. The van der Waals surface area contributed by atoms with Gasteiger partial charge in [-0.1, -0.05) is 0 Å². The molecule has 3 aromatic rings. The molecule has 3 aromatic heterocycles. The number of aromatic nitrogens is 3. The maximum atomic E-state index is 12.1. The van der Waals surface area contributed by atoms with Crippen molar-refractivity contribution in [1.29, 1.82) is 0 Å². The van der Waals surface area contributed by atoms with Crippen molar-refractivity contribution in [3.63, 3.8) is 0 Å². The number of fused-ring (bicyclic) bond motifs is 1. The zero-order valence-corrected chi connectivity index (χ0v) is 9.12. The van der Waals surface area contributed by atoms with E-state index in [2.05, 4.69) is 9.97 Å². The lowest BCUT2D eigenvalue weighted by molar-refractivity contribution is 0.601. The fourth-order valence-corrected chi connectivity index (χ4v) is 1.66. The Morgan fingerprint density at radius 3 is 2.88 bits per heavy atom. The summed E-state index contributed by atoms with van der Waals surface area (Å²) in [5, 5.41) is 0. The van der Waals surface area contributed by atoms with Crippen molar-refractivity contribution in [2.24, 2.45) is 0 Å². The Balaban J connectivity index is 2.27. The number of hydrogen-bond donors (Lipinski definition) is 0. The molecular weight excluding hydrogens is 218 g/mol. The van der Waals surface area contributed by atoms with Gasteiger partial charge >= 0.3 is 0 Å². The molecule has 0 fully saturated rings. The van der Waals surface area contributed by atoms with Crippen molar-refractivity contribution < 1.29 is 4.42 Å². The van der Waals surface area contributed by atoms with Gasteiger partial charge in [-0.05, 0) is 19.1 Å². The SMILES string of the molecule is Cc1ccc(-n2ccc3ocnc3c2=O)cn1. The molecule has 0 aliphatic carbocycles. The van der Waals surface area contributed by atoms with Gasteiger partial charge in [0.1, 0.15) is 0 Å². The standard InChI is InChI=1S/C12H9N3O2/c1-8-2-3-9(6-13-8)15-5-4-10-11(12(15)16)14-7-17-10/h2-7H,1H3. The van der Waals surface area contributed by atoms with Crippen molar-refractivity contribution in [3.05, 3.63) is 53.0 Å². The fraction of sp³-hybridized carbons (Fsp3) is 0.0833. The van der Waals surface area contributed by atoms with Crippen LogP contribution in [0.15, 0.2) is 46.2 Å². The van der Waals surface area contributed by atoms with Crippen LogP contribution >= 0.6 is 0 Å². The van der Waals surface area contributed by atoms with E-state index in [1.807, 2.05) is 19.1 Å². The largest absolute Gasteiger partial charge is 0.443 e. The van der Waals surface area contributed by atoms with Crippen LogP contribution in [0.2, 0.25) is 0 Å². The highest BCUT2D eigenvalue weighted by Crippen LogP contribution is 2.10. The van der Waals surface area contributed by atoms with Crippen LogP contribution in [0.5, 0.6) is 0 Å². The smallest absolute Gasteiger partial charge is 0.285 e. The monoisotopic (exact) mass is 227 g/mol. The molecule has 0 bridgehead atoms. The summed E-state index contributed by atoms with van der Waals surface area (Å²) in [6, 6.07) is 5.41. The van der Waals surface area contributed by atoms with Crippen LogP contribution in [0.3, 0.4) is 0 Å². The Kier molecular flexibility index (Phi) is 2.04. The first-order chi connectivity index (χ1) is 8.25. The molecule has 0 unspecified atom stereocenters. The number of hydrogen-bond acceptors (Lipinski definition) is 4. The van der Waals surface area contributed by atoms with Crippen LogP contribution in [-0.4, -0.2) is 14.5 Å². The maximum absolute atomic E-state index is 12.1. The average Bonchev–Trinajstić information content (AvgIpc) is 2.80. The van der Waals surface area contributed by atoms with E-state index in [0.29, 0.717) is 16.8 Å². The van der Waals surface area contributed by atoms with Gasteiger partial charge in [-0.25, -0.2) is 4.98 Å². The van der Waals surface area contributed by atoms with Crippen LogP contribution in [0.1, 0.15) is 5.69 Å². The van der Waals surface area contributed by atoms with Crippen LogP contribution in [0.25, 0.3) is 16.8 Å². The first-order valence-corrected chi connectivity index (χ1v) is 5.13. The van der Waals surface area contributed by atoms with E-state index in [-0.39, 0.29) is 5.56 Å². The Labute approximate surface area is 96.4 Å². The van der Waals surface area contributed by atoms with Crippen molar-refractivity contribution >= 4 is 11.1 Å². The number of oxazole rings is 1. The Bertz CT molecular complexity index is 725. The summed E-state index contributed by atoms with van der Waals surface area (Å²) < 4.78 is 6.57. The second kappa shape index (κ2) is 3.55. The van der Waals surface area contributed by atoms with E-state index < -0.39 is 0 Å². The maximum Gasteiger partial charge on any atom is 0.285 e. The van der Waals surface area contributed by atoms with E-state index in [4.69, 9.17) is 4.42 Å². The predicted molar refractivity (Wildman–Crippen MR) is 62.1 cm³/mol. The number of pyridine rings is 2. The molecular formula is C12H9N3O2. The van der Waals surface area contributed by atoms with Crippen LogP contribution in [-0.2, 0) is 0 Å². The minimum absolute atomic E-state index is 0.207. The number of nitrogens with zero attached hydrogens (tertiary/aromatic N) is 3. The van der Waals surface area contributed by atoms with E-state index in [1.165, 1.54) is 11.0 Å². The summed E-state index contributed by atoms with van der Waals surface area (Å²) in [6.45, 7) is 1.90. The van der Waals surface area contributed by atoms with Gasteiger partial charge in [-0.15, -0.1) is 0 Å². The highest BCUT2D eigenvalue weighted by Gasteiger charge is 2.07. The summed E-state index contributed by atoms with van der Waals surface area (Å²) in [5.74, 6) is 0. The van der Waals surface area contributed by atoms with E-state index in [1.54, 1.807) is 18.5 Å². The summed E-state index contributed by atoms with van der Waals surface area (Å²) >= 11 is 0. The molecule has 0 aromatic carbocycles. The van der Waals surface area contributed by atoms with Gasteiger partial charge in [0.25, 0.3) is 5.56 Å². The van der Waals surface area contributed by atoms with E-state index in [9.17, 15) is 4.79 Å². The molecule has 0 amide bonds. The van der Waals surface area contributed by atoms with Crippen molar-refractivity contribution in [2.45, 2.75) is 6.92 Å². The van der Waals surface area contributed by atoms with Crippen molar-refractivity contribution in [3.8, 4) is 5.69 Å². The molecule has 17 heavy (non-hydrogen) atoms. The number of aryl methyl sites for hydroxylation is 1. The predicted octanol–water partition coefficient (Wildman–Crippen LogP) is 1.68. The minimum atomic E-state index is -0.207. The van der Waals surface area contributed by atoms with Crippen molar-refractivity contribution in [1.82, 2.24) is 14.5 Å². The minimum Gasteiger partial charge on any atom is -0.443 e. The second-order valence-corrected chi connectivity index (χ2v) is 3.71. The first kappa shape index (κ1) is 9.77. The third kappa shape index (κ3) is 1.52. The van der Waals surface area contributed by atoms with Crippen LogP contribution in [0.4, 0.5) is 0 Å². The van der Waals surface area contributed by atoms with Gasteiger partial charge in [0.2, 0.25) is 0 Å². The zero-order chi connectivity index (χ0) is 11.8.